The molecule has 0 bridgehead atoms. The third kappa shape index (κ3) is 3.66. The summed E-state index contributed by atoms with van der Waals surface area (Å²) in [7, 11) is 0. The van der Waals surface area contributed by atoms with E-state index in [9.17, 15) is 13.6 Å². The molecule has 0 atom stereocenters. The quantitative estimate of drug-likeness (QED) is 0.469. The van der Waals surface area contributed by atoms with Gasteiger partial charge in [0.1, 0.15) is 11.6 Å². The molecule has 0 unspecified atom stereocenters. The van der Waals surface area contributed by atoms with E-state index in [0.29, 0.717) is 11.3 Å². The van der Waals surface area contributed by atoms with Crippen molar-refractivity contribution in [2.24, 2.45) is 4.99 Å². The molecule has 6 heteroatoms. The van der Waals surface area contributed by atoms with E-state index in [-0.39, 0.29) is 22.9 Å². The fraction of sp³-hybridized carbons (Fsp3) is 0. The van der Waals surface area contributed by atoms with Gasteiger partial charge in [-0.15, -0.1) is 0 Å². The number of cyclic esters (lactones) is 1. The first-order valence-corrected chi connectivity index (χ1v) is 8.40. The number of nitrogens with zero attached hydrogens (tertiary/aromatic N) is 1. The Kier molecular flexibility index (Phi) is 4.68. The summed E-state index contributed by atoms with van der Waals surface area (Å²) in [5.74, 6) is -1.44. The van der Waals surface area contributed by atoms with Crippen molar-refractivity contribution in [1.29, 1.82) is 0 Å². The first-order chi connectivity index (χ1) is 13.6. The van der Waals surface area contributed by atoms with Crippen LogP contribution in [-0.2, 0) is 9.53 Å². The molecule has 0 amide bonds. The number of para-hydroxylation sites is 1. The second kappa shape index (κ2) is 7.44. The highest BCUT2D eigenvalue weighted by Gasteiger charge is 2.26. The maximum atomic E-state index is 14.1. The second-order valence-corrected chi connectivity index (χ2v) is 5.92. The summed E-state index contributed by atoms with van der Waals surface area (Å²) in [5, 5.41) is 0. The van der Waals surface area contributed by atoms with Crippen LogP contribution >= 0.6 is 0 Å². The molecule has 1 heterocycles. The molecule has 0 aliphatic carbocycles. The van der Waals surface area contributed by atoms with Crippen molar-refractivity contribution in [3.05, 3.63) is 101 Å². The van der Waals surface area contributed by atoms with E-state index in [2.05, 4.69) is 4.99 Å². The maximum Gasteiger partial charge on any atom is 0.363 e. The van der Waals surface area contributed by atoms with Gasteiger partial charge in [-0.25, -0.2) is 18.6 Å². The molecule has 0 saturated heterocycles. The lowest BCUT2D eigenvalue weighted by molar-refractivity contribution is -0.129. The maximum absolute atomic E-state index is 14.1. The van der Waals surface area contributed by atoms with E-state index >= 15 is 0 Å². The van der Waals surface area contributed by atoms with Crippen LogP contribution in [0.15, 0.2) is 83.5 Å². The van der Waals surface area contributed by atoms with Gasteiger partial charge in [0.2, 0.25) is 5.90 Å². The molecule has 0 radical (unpaired) electrons. The average Bonchev–Trinajstić information content (AvgIpc) is 3.06. The average molecular weight is 377 g/mol. The van der Waals surface area contributed by atoms with E-state index in [1.807, 2.05) is 6.07 Å². The molecule has 0 aromatic heterocycles. The van der Waals surface area contributed by atoms with Gasteiger partial charge >= 0.3 is 5.97 Å². The number of esters is 1. The minimum atomic E-state index is -0.715. The Bertz CT molecular complexity index is 1110. The molecular formula is C22H13F2NO3. The van der Waals surface area contributed by atoms with Gasteiger partial charge in [0.15, 0.2) is 17.3 Å². The normalized spacial score (nSPS) is 14.7. The number of aliphatic imine (C=N–C) groups is 1. The molecule has 3 aromatic carbocycles. The van der Waals surface area contributed by atoms with Crippen LogP contribution in [0.1, 0.15) is 11.1 Å². The summed E-state index contributed by atoms with van der Waals surface area (Å²) in [4.78, 5) is 16.1. The largest absolute Gasteiger partial charge is 0.454 e. The van der Waals surface area contributed by atoms with Gasteiger partial charge in [0.25, 0.3) is 0 Å². The molecule has 138 valence electrons. The number of halogens is 2. The summed E-state index contributed by atoms with van der Waals surface area (Å²) in [6, 6.07) is 18.8. The van der Waals surface area contributed by atoms with Gasteiger partial charge in [0.05, 0.1) is 5.56 Å². The smallest absolute Gasteiger partial charge is 0.363 e. The lowest BCUT2D eigenvalue weighted by Gasteiger charge is -2.07. The molecule has 28 heavy (non-hydrogen) atoms. The highest BCUT2D eigenvalue weighted by atomic mass is 19.1. The van der Waals surface area contributed by atoms with E-state index < -0.39 is 17.6 Å². The van der Waals surface area contributed by atoms with Crippen LogP contribution in [0.3, 0.4) is 0 Å². The standard InChI is InChI=1S/C22H13F2NO3/c23-17-9-5-4-8-16(17)21-25-19(22(26)28-21)12-14-10-11-18(24)20(13-14)27-15-6-2-1-3-7-15/h1-13H/b19-12-. The summed E-state index contributed by atoms with van der Waals surface area (Å²) < 4.78 is 38.5. The Hall–Kier alpha value is -3.80. The first-order valence-electron chi connectivity index (χ1n) is 8.40. The molecular weight excluding hydrogens is 364 g/mol. The molecule has 1 aliphatic rings. The monoisotopic (exact) mass is 377 g/mol. The summed E-state index contributed by atoms with van der Waals surface area (Å²) in [6.45, 7) is 0. The van der Waals surface area contributed by atoms with Gasteiger partial charge < -0.3 is 9.47 Å². The van der Waals surface area contributed by atoms with Crippen molar-refractivity contribution in [2.45, 2.75) is 0 Å². The fourth-order valence-electron chi connectivity index (χ4n) is 2.62. The highest BCUT2D eigenvalue weighted by Crippen LogP contribution is 2.27. The minimum absolute atomic E-state index is 0.00483. The van der Waals surface area contributed by atoms with Crippen LogP contribution in [-0.4, -0.2) is 11.9 Å². The van der Waals surface area contributed by atoms with Gasteiger partial charge in [-0.05, 0) is 48.0 Å². The van der Waals surface area contributed by atoms with Crippen LogP contribution in [0.25, 0.3) is 6.08 Å². The number of hydrogen-bond acceptors (Lipinski definition) is 4. The number of ether oxygens (including phenoxy) is 2. The molecule has 4 nitrogen and oxygen atoms in total. The van der Waals surface area contributed by atoms with Crippen molar-refractivity contribution in [1.82, 2.24) is 0 Å². The summed E-state index contributed by atoms with van der Waals surface area (Å²) in [5.41, 5.74) is 0.555. The number of benzene rings is 3. The number of carbonyl (C=O) groups excluding carboxylic acids is 1. The van der Waals surface area contributed by atoms with Crippen molar-refractivity contribution >= 4 is 17.9 Å². The zero-order valence-electron chi connectivity index (χ0n) is 14.4. The first kappa shape index (κ1) is 17.6. The number of hydrogen-bond donors (Lipinski definition) is 0. The molecule has 0 saturated carbocycles. The summed E-state index contributed by atoms with van der Waals surface area (Å²) >= 11 is 0. The predicted octanol–water partition coefficient (Wildman–Crippen LogP) is 5.10. The molecule has 4 rings (SSSR count). The van der Waals surface area contributed by atoms with Gasteiger partial charge in [0, 0.05) is 0 Å². The van der Waals surface area contributed by atoms with Gasteiger partial charge in [-0.2, -0.15) is 0 Å². The van der Waals surface area contributed by atoms with E-state index in [1.165, 1.54) is 42.5 Å². The van der Waals surface area contributed by atoms with E-state index in [1.54, 1.807) is 30.3 Å². The van der Waals surface area contributed by atoms with Crippen LogP contribution in [0.2, 0.25) is 0 Å². The topological polar surface area (TPSA) is 47.9 Å². The Balaban J connectivity index is 1.64. The fourth-order valence-corrected chi connectivity index (χ4v) is 2.62. The third-order valence-electron chi connectivity index (χ3n) is 3.95. The Labute approximate surface area is 159 Å². The second-order valence-electron chi connectivity index (χ2n) is 5.92. The van der Waals surface area contributed by atoms with Crippen LogP contribution in [0.5, 0.6) is 11.5 Å². The van der Waals surface area contributed by atoms with E-state index in [0.717, 1.165) is 0 Å². The molecule has 0 spiro atoms. The zero-order valence-corrected chi connectivity index (χ0v) is 14.4. The molecule has 0 N–H and O–H groups in total. The predicted molar refractivity (Wildman–Crippen MR) is 99.9 cm³/mol. The van der Waals surface area contributed by atoms with Crippen LogP contribution in [0, 0.1) is 11.6 Å². The molecule has 1 aliphatic heterocycles. The van der Waals surface area contributed by atoms with Crippen LogP contribution < -0.4 is 4.74 Å². The lowest BCUT2D eigenvalue weighted by Crippen LogP contribution is -2.07. The molecule has 3 aromatic rings. The van der Waals surface area contributed by atoms with Gasteiger partial charge in [-0.1, -0.05) is 36.4 Å². The molecule has 0 fully saturated rings. The Morgan fingerprint density at radius 1 is 0.893 bits per heavy atom. The van der Waals surface area contributed by atoms with E-state index in [4.69, 9.17) is 9.47 Å². The number of rotatable bonds is 4. The van der Waals surface area contributed by atoms with Crippen molar-refractivity contribution in [3.63, 3.8) is 0 Å². The van der Waals surface area contributed by atoms with Crippen molar-refractivity contribution < 1.29 is 23.0 Å². The summed E-state index contributed by atoms with van der Waals surface area (Å²) in [6.07, 6.45) is 1.42. The Morgan fingerprint density at radius 2 is 1.64 bits per heavy atom. The van der Waals surface area contributed by atoms with Crippen molar-refractivity contribution in [3.8, 4) is 11.5 Å². The lowest BCUT2D eigenvalue weighted by atomic mass is 10.1. The van der Waals surface area contributed by atoms with Gasteiger partial charge in [-0.3, -0.25) is 0 Å². The minimum Gasteiger partial charge on any atom is -0.454 e. The number of carbonyl (C=O) groups is 1. The van der Waals surface area contributed by atoms with Crippen LogP contribution in [0.4, 0.5) is 8.78 Å². The Morgan fingerprint density at radius 3 is 2.43 bits per heavy atom. The SMILES string of the molecule is O=C1OC(c2ccccc2F)=N/C1=C\c1ccc(F)c(Oc2ccccc2)c1. The zero-order chi connectivity index (χ0) is 19.5. The highest BCUT2D eigenvalue weighted by molar-refractivity contribution is 6.12. The van der Waals surface area contributed by atoms with Crippen molar-refractivity contribution in [2.75, 3.05) is 0 Å². The third-order valence-corrected chi connectivity index (χ3v) is 3.95.